The topological polar surface area (TPSA) is 9.23 Å². The van der Waals surface area contributed by atoms with Crippen LogP contribution < -0.4 is 4.74 Å². The molecule has 0 radical (unpaired) electrons. The monoisotopic (exact) mass is 190 g/mol. The summed E-state index contributed by atoms with van der Waals surface area (Å²) in [5.74, 6) is 1.51. The number of rotatable bonds is 5. The van der Waals surface area contributed by atoms with Gasteiger partial charge in [0.25, 0.3) is 0 Å². The van der Waals surface area contributed by atoms with Crippen LogP contribution in [0.15, 0.2) is 36.9 Å². The summed E-state index contributed by atoms with van der Waals surface area (Å²) in [6.45, 7) is 8.74. The van der Waals surface area contributed by atoms with E-state index in [2.05, 4.69) is 32.6 Å². The molecule has 0 spiro atoms. The van der Waals surface area contributed by atoms with Crippen LogP contribution in [0.5, 0.6) is 5.75 Å². The van der Waals surface area contributed by atoms with Crippen molar-refractivity contribution in [3.63, 3.8) is 0 Å². The Morgan fingerprint density at radius 3 is 2.71 bits per heavy atom. The maximum absolute atomic E-state index is 5.67. The first kappa shape index (κ1) is 10.8. The molecular weight excluding hydrogens is 172 g/mol. The lowest BCUT2D eigenvalue weighted by atomic mass is 10.0. The molecule has 0 saturated heterocycles. The van der Waals surface area contributed by atoms with Gasteiger partial charge in [-0.2, -0.15) is 0 Å². The van der Waals surface area contributed by atoms with Crippen LogP contribution in [-0.2, 0) is 0 Å². The standard InChI is InChI=1S/C13H18O/c1-4-5-10-14-13-9-7-6-8-12(13)11(2)3/h4,6-9,11H,1,5,10H2,2-3H3. The van der Waals surface area contributed by atoms with Gasteiger partial charge >= 0.3 is 0 Å². The largest absolute Gasteiger partial charge is 0.493 e. The van der Waals surface area contributed by atoms with E-state index in [9.17, 15) is 0 Å². The fraction of sp³-hybridized carbons (Fsp3) is 0.385. The van der Waals surface area contributed by atoms with Crippen molar-refractivity contribution in [3.05, 3.63) is 42.5 Å². The lowest BCUT2D eigenvalue weighted by Gasteiger charge is -2.12. The van der Waals surface area contributed by atoms with Crippen LogP contribution in [0.4, 0.5) is 0 Å². The van der Waals surface area contributed by atoms with Crippen LogP contribution in [0.1, 0.15) is 31.7 Å². The third-order valence-electron chi connectivity index (χ3n) is 2.12. The Labute approximate surface area is 86.4 Å². The molecule has 0 amide bonds. The van der Waals surface area contributed by atoms with Crippen molar-refractivity contribution >= 4 is 0 Å². The van der Waals surface area contributed by atoms with E-state index in [-0.39, 0.29) is 0 Å². The normalized spacial score (nSPS) is 10.2. The molecule has 1 aromatic rings. The summed E-state index contributed by atoms with van der Waals surface area (Å²) < 4.78 is 5.67. The first-order chi connectivity index (χ1) is 6.75. The van der Waals surface area contributed by atoms with Gasteiger partial charge in [0.1, 0.15) is 5.75 Å². The Morgan fingerprint density at radius 1 is 1.36 bits per heavy atom. The predicted octanol–water partition coefficient (Wildman–Crippen LogP) is 3.76. The van der Waals surface area contributed by atoms with Gasteiger partial charge in [0, 0.05) is 0 Å². The van der Waals surface area contributed by atoms with Crippen molar-refractivity contribution in [2.75, 3.05) is 6.61 Å². The zero-order valence-electron chi connectivity index (χ0n) is 8.99. The second-order valence-electron chi connectivity index (χ2n) is 3.62. The highest BCUT2D eigenvalue weighted by atomic mass is 16.5. The molecule has 0 aromatic heterocycles. The summed E-state index contributed by atoms with van der Waals surface area (Å²) >= 11 is 0. The molecule has 0 bridgehead atoms. The highest BCUT2D eigenvalue weighted by Crippen LogP contribution is 2.25. The van der Waals surface area contributed by atoms with Crippen LogP contribution in [0.2, 0.25) is 0 Å². The van der Waals surface area contributed by atoms with Crippen LogP contribution in [0.3, 0.4) is 0 Å². The lowest BCUT2D eigenvalue weighted by Crippen LogP contribution is -1.99. The molecule has 14 heavy (non-hydrogen) atoms. The third-order valence-corrected chi connectivity index (χ3v) is 2.12. The van der Waals surface area contributed by atoms with E-state index in [0.717, 1.165) is 12.2 Å². The predicted molar refractivity (Wildman–Crippen MR) is 60.8 cm³/mol. The van der Waals surface area contributed by atoms with Gasteiger partial charge in [-0.25, -0.2) is 0 Å². The summed E-state index contributed by atoms with van der Waals surface area (Å²) in [5, 5.41) is 0. The van der Waals surface area contributed by atoms with Gasteiger partial charge in [-0.3, -0.25) is 0 Å². The minimum absolute atomic E-state index is 0.509. The third kappa shape index (κ3) is 2.91. The smallest absolute Gasteiger partial charge is 0.122 e. The lowest BCUT2D eigenvalue weighted by molar-refractivity contribution is 0.320. The SMILES string of the molecule is C=CCCOc1ccccc1C(C)C. The van der Waals surface area contributed by atoms with Crippen molar-refractivity contribution in [2.45, 2.75) is 26.2 Å². The van der Waals surface area contributed by atoms with Gasteiger partial charge in [-0.1, -0.05) is 38.1 Å². The molecular formula is C13H18O. The highest BCUT2D eigenvalue weighted by Gasteiger charge is 2.05. The van der Waals surface area contributed by atoms with Crippen LogP contribution in [0.25, 0.3) is 0 Å². The van der Waals surface area contributed by atoms with Crippen molar-refractivity contribution in [1.82, 2.24) is 0 Å². The summed E-state index contributed by atoms with van der Waals surface area (Å²) in [6.07, 6.45) is 2.77. The molecule has 0 aliphatic heterocycles. The van der Waals surface area contributed by atoms with E-state index in [1.54, 1.807) is 0 Å². The minimum Gasteiger partial charge on any atom is -0.493 e. The fourth-order valence-corrected chi connectivity index (χ4v) is 1.34. The molecule has 0 fully saturated rings. The first-order valence-corrected chi connectivity index (χ1v) is 5.08. The molecule has 0 aliphatic carbocycles. The molecule has 76 valence electrons. The van der Waals surface area contributed by atoms with Crippen molar-refractivity contribution in [3.8, 4) is 5.75 Å². The van der Waals surface area contributed by atoms with Crippen molar-refractivity contribution in [2.24, 2.45) is 0 Å². The zero-order valence-corrected chi connectivity index (χ0v) is 8.99. The molecule has 0 unspecified atom stereocenters. The van der Waals surface area contributed by atoms with Gasteiger partial charge in [-0.15, -0.1) is 6.58 Å². The van der Waals surface area contributed by atoms with E-state index >= 15 is 0 Å². The molecule has 0 saturated carbocycles. The minimum atomic E-state index is 0.509. The molecule has 1 rings (SSSR count). The quantitative estimate of drug-likeness (QED) is 0.507. The molecule has 1 aromatic carbocycles. The number of para-hydroxylation sites is 1. The van der Waals surface area contributed by atoms with Gasteiger partial charge in [0.15, 0.2) is 0 Å². The van der Waals surface area contributed by atoms with E-state index in [1.165, 1.54) is 5.56 Å². The summed E-state index contributed by atoms with van der Waals surface area (Å²) in [5.41, 5.74) is 1.27. The van der Waals surface area contributed by atoms with Gasteiger partial charge in [0.05, 0.1) is 6.61 Å². The molecule has 1 heteroatoms. The molecule has 0 heterocycles. The molecule has 0 atom stereocenters. The second kappa shape index (κ2) is 5.48. The summed E-state index contributed by atoms with van der Waals surface area (Å²) in [4.78, 5) is 0. The van der Waals surface area contributed by atoms with Gasteiger partial charge < -0.3 is 4.74 Å². The van der Waals surface area contributed by atoms with E-state index in [1.807, 2.05) is 18.2 Å². The fourth-order valence-electron chi connectivity index (χ4n) is 1.34. The maximum atomic E-state index is 5.67. The molecule has 0 aliphatic rings. The van der Waals surface area contributed by atoms with E-state index in [4.69, 9.17) is 4.74 Å². The zero-order chi connectivity index (χ0) is 10.4. The maximum Gasteiger partial charge on any atom is 0.122 e. The Bertz CT molecular complexity index is 289. The van der Waals surface area contributed by atoms with Crippen LogP contribution >= 0.6 is 0 Å². The Morgan fingerprint density at radius 2 is 2.07 bits per heavy atom. The van der Waals surface area contributed by atoms with Crippen molar-refractivity contribution in [1.29, 1.82) is 0 Å². The second-order valence-corrected chi connectivity index (χ2v) is 3.62. The number of benzene rings is 1. The van der Waals surface area contributed by atoms with Crippen molar-refractivity contribution < 1.29 is 4.74 Å². The number of hydrogen-bond acceptors (Lipinski definition) is 1. The van der Waals surface area contributed by atoms with Gasteiger partial charge in [-0.05, 0) is 24.0 Å². The Kier molecular flexibility index (Phi) is 4.24. The Hall–Kier alpha value is -1.24. The Balaban J connectivity index is 2.69. The molecule has 0 N–H and O–H groups in total. The van der Waals surface area contributed by atoms with Crippen LogP contribution in [-0.4, -0.2) is 6.61 Å². The van der Waals surface area contributed by atoms with Crippen LogP contribution in [0, 0.1) is 0 Å². The van der Waals surface area contributed by atoms with E-state index < -0.39 is 0 Å². The highest BCUT2D eigenvalue weighted by molar-refractivity contribution is 5.35. The summed E-state index contributed by atoms with van der Waals surface area (Å²) in [7, 11) is 0. The first-order valence-electron chi connectivity index (χ1n) is 5.08. The van der Waals surface area contributed by atoms with E-state index in [0.29, 0.717) is 12.5 Å². The van der Waals surface area contributed by atoms with Gasteiger partial charge in [0.2, 0.25) is 0 Å². The summed E-state index contributed by atoms with van der Waals surface area (Å²) in [6, 6.07) is 8.21. The number of ether oxygens (including phenoxy) is 1. The molecule has 1 nitrogen and oxygen atoms in total. The average Bonchev–Trinajstić information content (AvgIpc) is 2.19. The average molecular weight is 190 g/mol. The number of hydrogen-bond donors (Lipinski definition) is 0.